The van der Waals surface area contributed by atoms with Crippen molar-refractivity contribution in [3.63, 3.8) is 0 Å². The summed E-state index contributed by atoms with van der Waals surface area (Å²) in [6.07, 6.45) is 0.0720. The number of aryl methyl sites for hydroxylation is 1. The van der Waals surface area contributed by atoms with Gasteiger partial charge in [-0.3, -0.25) is 0 Å². The molecule has 0 spiro atoms. The first-order chi connectivity index (χ1) is 5.65. The molecule has 0 aliphatic rings. The molecule has 1 atom stereocenters. The summed E-state index contributed by atoms with van der Waals surface area (Å²) in [5.74, 6) is -0.250. The first-order valence-electron chi connectivity index (χ1n) is 4.09. The Morgan fingerprint density at radius 2 is 2.17 bits per heavy atom. The SMILES string of the molecule is CC[C@H](O)c1ccc(C)c(F)c1. The fourth-order valence-electron chi connectivity index (χ4n) is 1.05. The zero-order valence-corrected chi connectivity index (χ0v) is 7.34. The standard InChI is InChI=1S/C10H13FO/c1-3-10(12)8-5-4-7(2)9(11)6-8/h4-6,10,12H,3H2,1-2H3/t10-/m0/s1. The van der Waals surface area contributed by atoms with E-state index in [4.69, 9.17) is 0 Å². The Bertz CT molecular complexity index is 271. The summed E-state index contributed by atoms with van der Waals surface area (Å²) >= 11 is 0. The molecule has 0 aromatic heterocycles. The van der Waals surface area contributed by atoms with Crippen LogP contribution in [-0.4, -0.2) is 5.11 Å². The van der Waals surface area contributed by atoms with E-state index < -0.39 is 6.10 Å². The van der Waals surface area contributed by atoms with E-state index in [-0.39, 0.29) is 5.82 Å². The molecular weight excluding hydrogens is 155 g/mol. The molecule has 0 heterocycles. The molecule has 0 radical (unpaired) electrons. The van der Waals surface area contributed by atoms with Crippen LogP contribution >= 0.6 is 0 Å². The summed E-state index contributed by atoms with van der Waals surface area (Å²) in [4.78, 5) is 0. The second-order valence-corrected chi connectivity index (χ2v) is 2.93. The minimum atomic E-state index is -0.542. The van der Waals surface area contributed by atoms with Gasteiger partial charge in [-0.2, -0.15) is 0 Å². The van der Waals surface area contributed by atoms with E-state index in [0.29, 0.717) is 17.5 Å². The summed E-state index contributed by atoms with van der Waals surface area (Å²) in [5.41, 5.74) is 1.27. The number of halogens is 1. The van der Waals surface area contributed by atoms with Crippen molar-refractivity contribution in [1.82, 2.24) is 0 Å². The Hall–Kier alpha value is -0.890. The summed E-state index contributed by atoms with van der Waals surface area (Å²) in [6, 6.07) is 4.83. The molecule has 0 fully saturated rings. The van der Waals surface area contributed by atoms with Crippen LogP contribution in [0.5, 0.6) is 0 Å². The Kier molecular flexibility index (Phi) is 2.82. The summed E-state index contributed by atoms with van der Waals surface area (Å²) < 4.78 is 13.0. The molecule has 2 heteroatoms. The zero-order valence-electron chi connectivity index (χ0n) is 7.34. The predicted molar refractivity (Wildman–Crippen MR) is 46.4 cm³/mol. The topological polar surface area (TPSA) is 20.2 Å². The van der Waals surface area contributed by atoms with Crippen molar-refractivity contribution in [2.45, 2.75) is 26.4 Å². The largest absolute Gasteiger partial charge is 0.388 e. The van der Waals surface area contributed by atoms with Crippen molar-refractivity contribution < 1.29 is 9.50 Å². The van der Waals surface area contributed by atoms with E-state index >= 15 is 0 Å². The molecule has 0 unspecified atom stereocenters. The molecular formula is C10H13FO. The van der Waals surface area contributed by atoms with E-state index in [0.717, 1.165) is 0 Å². The van der Waals surface area contributed by atoms with Gasteiger partial charge in [0.2, 0.25) is 0 Å². The summed E-state index contributed by atoms with van der Waals surface area (Å²) in [5, 5.41) is 9.38. The van der Waals surface area contributed by atoms with Gasteiger partial charge < -0.3 is 5.11 Å². The zero-order chi connectivity index (χ0) is 9.14. The number of benzene rings is 1. The molecule has 1 nitrogen and oxygen atoms in total. The van der Waals surface area contributed by atoms with Crippen molar-refractivity contribution in [3.8, 4) is 0 Å². The molecule has 0 aliphatic carbocycles. The van der Waals surface area contributed by atoms with Crippen LogP contribution in [0.2, 0.25) is 0 Å². The maximum absolute atomic E-state index is 13.0. The predicted octanol–water partition coefficient (Wildman–Crippen LogP) is 2.58. The average Bonchev–Trinajstić information content (AvgIpc) is 2.08. The highest BCUT2D eigenvalue weighted by molar-refractivity contribution is 5.24. The number of hydrogen-bond acceptors (Lipinski definition) is 1. The molecule has 1 rings (SSSR count). The number of rotatable bonds is 2. The van der Waals surface area contributed by atoms with Crippen LogP contribution in [0, 0.1) is 12.7 Å². The van der Waals surface area contributed by atoms with E-state index in [2.05, 4.69) is 0 Å². The Balaban J connectivity index is 2.96. The van der Waals surface area contributed by atoms with Crippen LogP contribution in [-0.2, 0) is 0 Å². The monoisotopic (exact) mass is 168 g/mol. The van der Waals surface area contributed by atoms with E-state index in [1.54, 1.807) is 19.1 Å². The molecule has 12 heavy (non-hydrogen) atoms. The van der Waals surface area contributed by atoms with Gasteiger partial charge in [0.25, 0.3) is 0 Å². The molecule has 0 aliphatic heterocycles. The molecule has 0 saturated carbocycles. The van der Waals surface area contributed by atoms with Crippen LogP contribution in [0.4, 0.5) is 4.39 Å². The lowest BCUT2D eigenvalue weighted by Gasteiger charge is -2.08. The summed E-state index contributed by atoms with van der Waals surface area (Å²) in [6.45, 7) is 3.57. The third-order valence-electron chi connectivity index (χ3n) is 1.97. The van der Waals surface area contributed by atoms with Gasteiger partial charge >= 0.3 is 0 Å². The first-order valence-corrected chi connectivity index (χ1v) is 4.09. The molecule has 1 aromatic carbocycles. The molecule has 1 aromatic rings. The van der Waals surface area contributed by atoms with Gasteiger partial charge in [0.15, 0.2) is 0 Å². The third-order valence-corrected chi connectivity index (χ3v) is 1.97. The van der Waals surface area contributed by atoms with Crippen molar-refractivity contribution in [1.29, 1.82) is 0 Å². The van der Waals surface area contributed by atoms with Crippen molar-refractivity contribution >= 4 is 0 Å². The van der Waals surface area contributed by atoms with E-state index in [9.17, 15) is 9.50 Å². The van der Waals surface area contributed by atoms with Gasteiger partial charge in [-0.1, -0.05) is 19.1 Å². The Morgan fingerprint density at radius 3 is 2.67 bits per heavy atom. The summed E-state index contributed by atoms with van der Waals surface area (Å²) in [7, 11) is 0. The van der Waals surface area contributed by atoms with Crippen LogP contribution in [0.25, 0.3) is 0 Å². The van der Waals surface area contributed by atoms with Crippen LogP contribution in [0.15, 0.2) is 18.2 Å². The Labute approximate surface area is 71.9 Å². The van der Waals surface area contributed by atoms with Crippen molar-refractivity contribution in [2.75, 3.05) is 0 Å². The highest BCUT2D eigenvalue weighted by Gasteiger charge is 2.06. The van der Waals surface area contributed by atoms with Crippen LogP contribution < -0.4 is 0 Å². The van der Waals surface area contributed by atoms with Gasteiger partial charge in [-0.25, -0.2) is 4.39 Å². The average molecular weight is 168 g/mol. The van der Waals surface area contributed by atoms with Gasteiger partial charge in [0, 0.05) is 0 Å². The second kappa shape index (κ2) is 3.68. The molecule has 1 N–H and O–H groups in total. The third kappa shape index (κ3) is 1.83. The highest BCUT2D eigenvalue weighted by atomic mass is 19.1. The number of hydrogen-bond donors (Lipinski definition) is 1. The van der Waals surface area contributed by atoms with E-state index in [1.807, 2.05) is 6.92 Å². The van der Waals surface area contributed by atoms with Gasteiger partial charge in [0.05, 0.1) is 6.10 Å². The lowest BCUT2D eigenvalue weighted by atomic mass is 10.1. The van der Waals surface area contributed by atoms with Crippen molar-refractivity contribution in [2.24, 2.45) is 0 Å². The van der Waals surface area contributed by atoms with Crippen LogP contribution in [0.1, 0.15) is 30.6 Å². The smallest absolute Gasteiger partial charge is 0.126 e. The van der Waals surface area contributed by atoms with E-state index in [1.165, 1.54) is 6.07 Å². The van der Waals surface area contributed by atoms with Gasteiger partial charge in [-0.15, -0.1) is 0 Å². The quantitative estimate of drug-likeness (QED) is 0.719. The lowest BCUT2D eigenvalue weighted by molar-refractivity contribution is 0.173. The molecule has 66 valence electrons. The fourth-order valence-corrected chi connectivity index (χ4v) is 1.05. The maximum atomic E-state index is 13.0. The molecule has 0 bridgehead atoms. The number of aliphatic hydroxyl groups is 1. The number of aliphatic hydroxyl groups excluding tert-OH is 1. The normalized spacial score (nSPS) is 13.0. The highest BCUT2D eigenvalue weighted by Crippen LogP contribution is 2.18. The molecule has 0 amide bonds. The second-order valence-electron chi connectivity index (χ2n) is 2.93. The fraction of sp³-hybridized carbons (Fsp3) is 0.400. The Morgan fingerprint density at radius 1 is 1.50 bits per heavy atom. The molecule has 0 saturated heterocycles. The minimum Gasteiger partial charge on any atom is -0.388 e. The van der Waals surface area contributed by atoms with Gasteiger partial charge in [0.1, 0.15) is 5.82 Å². The first kappa shape index (κ1) is 9.20. The van der Waals surface area contributed by atoms with Crippen molar-refractivity contribution in [3.05, 3.63) is 35.1 Å². The maximum Gasteiger partial charge on any atom is 0.126 e. The lowest BCUT2D eigenvalue weighted by Crippen LogP contribution is -1.96. The van der Waals surface area contributed by atoms with Crippen LogP contribution in [0.3, 0.4) is 0 Å². The van der Waals surface area contributed by atoms with Gasteiger partial charge in [-0.05, 0) is 30.5 Å². The minimum absolute atomic E-state index is 0.250.